The Kier molecular flexibility index (Phi) is 5.83. The molecule has 0 atom stereocenters. The fourth-order valence-electron chi connectivity index (χ4n) is 4.15. The number of amides is 2. The highest BCUT2D eigenvalue weighted by atomic mass is 35.5. The second kappa shape index (κ2) is 8.42. The maximum absolute atomic E-state index is 12.1. The Labute approximate surface area is 189 Å². The summed E-state index contributed by atoms with van der Waals surface area (Å²) in [4.78, 5) is 30.2. The van der Waals surface area contributed by atoms with Crippen LogP contribution in [0.2, 0.25) is 10.0 Å². The van der Waals surface area contributed by atoms with Gasteiger partial charge in [-0.15, -0.1) is 0 Å². The molecule has 0 radical (unpaired) electrons. The highest BCUT2D eigenvalue weighted by Gasteiger charge is 2.27. The first-order valence-corrected chi connectivity index (χ1v) is 10.5. The normalized spacial score (nSPS) is 13.3. The summed E-state index contributed by atoms with van der Waals surface area (Å²) in [5.41, 5.74) is 5.90. The molecule has 31 heavy (non-hydrogen) atoms. The van der Waals surface area contributed by atoms with Crippen molar-refractivity contribution in [2.24, 2.45) is 0 Å². The van der Waals surface area contributed by atoms with Crippen molar-refractivity contribution in [3.63, 3.8) is 0 Å². The van der Waals surface area contributed by atoms with Gasteiger partial charge in [0.25, 0.3) is 0 Å². The number of fused-ring (bicyclic) bond motifs is 3. The number of aromatic nitrogens is 1. The van der Waals surface area contributed by atoms with Crippen LogP contribution in [0.4, 0.5) is 11.4 Å². The third-order valence-corrected chi connectivity index (χ3v) is 6.42. The van der Waals surface area contributed by atoms with E-state index in [-0.39, 0.29) is 5.91 Å². The lowest BCUT2D eigenvalue weighted by Crippen LogP contribution is -2.37. The zero-order chi connectivity index (χ0) is 22.3. The van der Waals surface area contributed by atoms with E-state index < -0.39 is 6.61 Å². The monoisotopic (exact) mass is 460 g/mol. The number of benzene rings is 2. The Bertz CT molecular complexity index is 1190. The van der Waals surface area contributed by atoms with Gasteiger partial charge in [0, 0.05) is 50.2 Å². The second-order valence-electron chi connectivity index (χ2n) is 7.66. The average molecular weight is 461 g/mol. The highest BCUT2D eigenvalue weighted by Crippen LogP contribution is 2.43. The number of aromatic amines is 1. The van der Waals surface area contributed by atoms with E-state index in [2.05, 4.69) is 10.3 Å². The molecule has 9 heteroatoms. The predicted octanol–water partition coefficient (Wildman–Crippen LogP) is 3.65. The Balaban J connectivity index is 1.94. The topological polar surface area (TPSA) is 88.7 Å². The van der Waals surface area contributed by atoms with Crippen LogP contribution in [0.5, 0.6) is 0 Å². The average Bonchev–Trinajstić information content (AvgIpc) is 3.14. The molecule has 0 unspecified atom stereocenters. The van der Waals surface area contributed by atoms with Crippen molar-refractivity contribution in [3.05, 3.63) is 45.6 Å². The van der Waals surface area contributed by atoms with Gasteiger partial charge in [0.2, 0.25) is 12.3 Å². The quantitative estimate of drug-likeness (QED) is 0.507. The number of nitrogens with one attached hydrogen (secondary N) is 2. The Morgan fingerprint density at radius 3 is 2.77 bits per heavy atom. The van der Waals surface area contributed by atoms with Crippen LogP contribution in [0.3, 0.4) is 0 Å². The van der Waals surface area contributed by atoms with E-state index in [0.29, 0.717) is 47.2 Å². The summed E-state index contributed by atoms with van der Waals surface area (Å²) in [6.45, 7) is 0.365. The minimum absolute atomic E-state index is 0.311. The van der Waals surface area contributed by atoms with Gasteiger partial charge in [-0.2, -0.15) is 0 Å². The van der Waals surface area contributed by atoms with Gasteiger partial charge in [-0.05, 0) is 29.3 Å². The molecule has 162 valence electrons. The van der Waals surface area contributed by atoms with Crippen LogP contribution in [0.1, 0.15) is 11.3 Å². The van der Waals surface area contributed by atoms with Crippen molar-refractivity contribution in [2.75, 3.05) is 37.5 Å². The Morgan fingerprint density at radius 1 is 1.32 bits per heavy atom. The summed E-state index contributed by atoms with van der Waals surface area (Å²) in [7, 11) is 3.80. The molecule has 1 aromatic heterocycles. The van der Waals surface area contributed by atoms with Crippen LogP contribution >= 0.6 is 23.2 Å². The molecule has 3 N–H and O–H groups in total. The summed E-state index contributed by atoms with van der Waals surface area (Å²) in [5.74, 6) is -0.311. The number of halogens is 2. The maximum atomic E-state index is 12.1. The maximum Gasteiger partial charge on any atom is 0.248 e. The number of aliphatic hydroxyl groups is 1. The lowest BCUT2D eigenvalue weighted by molar-refractivity contribution is -0.135. The number of carbonyl (C=O) groups excluding carboxylic acids is 2. The first kappa shape index (κ1) is 21.5. The molecular formula is C22H22Cl2N4O3. The Hall–Kier alpha value is -2.74. The van der Waals surface area contributed by atoms with Crippen LogP contribution in [0.15, 0.2) is 24.3 Å². The summed E-state index contributed by atoms with van der Waals surface area (Å²) in [5, 5.41) is 13.8. The third kappa shape index (κ3) is 3.73. The summed E-state index contributed by atoms with van der Waals surface area (Å²) in [6.07, 6.45) is 1.27. The number of H-pyrrole nitrogens is 1. The van der Waals surface area contributed by atoms with Gasteiger partial charge >= 0.3 is 0 Å². The van der Waals surface area contributed by atoms with Gasteiger partial charge in [-0.25, -0.2) is 0 Å². The molecule has 4 rings (SSSR count). The van der Waals surface area contributed by atoms with E-state index >= 15 is 0 Å². The molecule has 0 fully saturated rings. The molecule has 0 bridgehead atoms. The largest absolute Gasteiger partial charge is 0.387 e. The SMILES string of the molecule is CN(C)c1ccc(-c2cc(Cl)c(Cl)c3[nH]c4c(c23)CN(C(=O)CO)CC4)cc1NC=O. The van der Waals surface area contributed by atoms with Gasteiger partial charge in [0.15, 0.2) is 0 Å². The first-order valence-electron chi connectivity index (χ1n) is 9.77. The summed E-state index contributed by atoms with van der Waals surface area (Å²) >= 11 is 13.0. The molecule has 0 spiro atoms. The molecule has 3 aromatic rings. The molecule has 2 aromatic carbocycles. The molecule has 0 aliphatic carbocycles. The number of aliphatic hydroxyl groups excluding tert-OH is 1. The van der Waals surface area contributed by atoms with Crippen molar-refractivity contribution >= 4 is 57.8 Å². The lowest BCUT2D eigenvalue weighted by atomic mass is 9.95. The zero-order valence-electron chi connectivity index (χ0n) is 17.1. The van der Waals surface area contributed by atoms with E-state index in [1.165, 1.54) is 0 Å². The van der Waals surface area contributed by atoms with E-state index in [9.17, 15) is 14.7 Å². The van der Waals surface area contributed by atoms with Crippen LogP contribution in [-0.4, -0.2) is 54.6 Å². The van der Waals surface area contributed by atoms with E-state index in [0.717, 1.165) is 33.5 Å². The standard InChI is InChI=1S/C22H22Cl2N4O3/c1-27(2)18-4-3-12(7-17(18)25-11-30)13-8-15(23)21(24)22-20(13)14-9-28(19(31)10-29)6-5-16(14)26-22/h3-4,7-8,11,26,29H,5-6,9-10H2,1-2H3,(H,25,30). The van der Waals surface area contributed by atoms with Gasteiger partial charge < -0.3 is 25.2 Å². The minimum Gasteiger partial charge on any atom is -0.387 e. The van der Waals surface area contributed by atoms with Gasteiger partial charge in [0.05, 0.1) is 26.9 Å². The van der Waals surface area contributed by atoms with Crippen molar-refractivity contribution in [3.8, 4) is 11.1 Å². The number of rotatable bonds is 5. The third-order valence-electron chi connectivity index (χ3n) is 5.63. The van der Waals surface area contributed by atoms with Crippen molar-refractivity contribution in [2.45, 2.75) is 13.0 Å². The minimum atomic E-state index is -0.524. The van der Waals surface area contributed by atoms with E-state index in [1.807, 2.05) is 43.3 Å². The van der Waals surface area contributed by atoms with Gasteiger partial charge in [0.1, 0.15) is 6.61 Å². The first-order chi connectivity index (χ1) is 14.8. The lowest BCUT2D eigenvalue weighted by Gasteiger charge is -2.27. The number of carbonyl (C=O) groups is 2. The van der Waals surface area contributed by atoms with Crippen molar-refractivity contribution in [1.82, 2.24) is 9.88 Å². The molecule has 2 amide bonds. The van der Waals surface area contributed by atoms with Gasteiger partial charge in [-0.1, -0.05) is 29.3 Å². The number of hydrogen-bond acceptors (Lipinski definition) is 4. The molecule has 0 saturated heterocycles. The van der Waals surface area contributed by atoms with Crippen LogP contribution in [0.25, 0.3) is 22.0 Å². The zero-order valence-corrected chi connectivity index (χ0v) is 18.6. The smallest absolute Gasteiger partial charge is 0.248 e. The van der Waals surface area contributed by atoms with Crippen molar-refractivity contribution in [1.29, 1.82) is 0 Å². The molecule has 2 heterocycles. The fraction of sp³-hybridized carbons (Fsp3) is 0.273. The molecule has 1 aliphatic heterocycles. The molecule has 7 nitrogen and oxygen atoms in total. The van der Waals surface area contributed by atoms with E-state index in [1.54, 1.807) is 4.90 Å². The number of anilines is 2. The molecule has 1 aliphatic rings. The second-order valence-corrected chi connectivity index (χ2v) is 8.45. The molecule has 0 saturated carbocycles. The fourth-order valence-corrected chi connectivity index (χ4v) is 4.55. The van der Waals surface area contributed by atoms with Crippen molar-refractivity contribution < 1.29 is 14.7 Å². The summed E-state index contributed by atoms with van der Waals surface area (Å²) < 4.78 is 0. The van der Waals surface area contributed by atoms with Gasteiger partial charge in [-0.3, -0.25) is 9.59 Å². The van der Waals surface area contributed by atoms with Crippen LogP contribution in [-0.2, 0) is 22.6 Å². The number of hydrogen-bond donors (Lipinski definition) is 3. The Morgan fingerprint density at radius 2 is 2.10 bits per heavy atom. The van der Waals surface area contributed by atoms with Crippen LogP contribution < -0.4 is 10.2 Å². The predicted molar refractivity (Wildman–Crippen MR) is 124 cm³/mol. The van der Waals surface area contributed by atoms with Crippen LogP contribution in [0, 0.1) is 0 Å². The number of nitrogens with zero attached hydrogens (tertiary/aromatic N) is 2. The highest BCUT2D eigenvalue weighted by molar-refractivity contribution is 6.45. The summed E-state index contributed by atoms with van der Waals surface area (Å²) in [6, 6.07) is 7.59. The molecular weight excluding hydrogens is 439 g/mol. The van der Waals surface area contributed by atoms with E-state index in [4.69, 9.17) is 23.2 Å².